The summed E-state index contributed by atoms with van der Waals surface area (Å²) in [7, 11) is 1.65. The molecule has 4 aromatic rings. The predicted octanol–water partition coefficient (Wildman–Crippen LogP) is 4.03. The summed E-state index contributed by atoms with van der Waals surface area (Å²) in [6.45, 7) is 1.76. The largest absolute Gasteiger partial charge is 0.320 e. The molecule has 3 aromatic heterocycles. The molecule has 1 amide bonds. The summed E-state index contributed by atoms with van der Waals surface area (Å²) in [4.78, 5) is 47.3. The van der Waals surface area contributed by atoms with Crippen LogP contribution in [0.4, 0.5) is 10.1 Å². The lowest BCUT2D eigenvalue weighted by Gasteiger charge is -2.17. The molecule has 0 unspecified atom stereocenters. The van der Waals surface area contributed by atoms with E-state index in [4.69, 9.17) is 0 Å². The Hall–Kier alpha value is -4.02. The summed E-state index contributed by atoms with van der Waals surface area (Å²) in [5.74, 6) is -1.11. The van der Waals surface area contributed by atoms with Gasteiger partial charge in [0.25, 0.3) is 5.56 Å². The Bertz CT molecular complexity index is 1520. The Kier molecular flexibility index (Phi) is 8.00. The number of pyridine rings is 3. The number of aromatic nitrogens is 3. The van der Waals surface area contributed by atoms with Gasteiger partial charge in [-0.1, -0.05) is 0 Å². The van der Waals surface area contributed by atoms with Crippen LogP contribution in [0.3, 0.4) is 0 Å². The average molecular weight is 564 g/mol. The minimum absolute atomic E-state index is 0.0729. The molecule has 1 aromatic carbocycles. The fraction of sp³-hybridized carbons (Fsp3) is 0.148. The van der Waals surface area contributed by atoms with E-state index in [0.717, 1.165) is 4.47 Å². The van der Waals surface area contributed by atoms with Gasteiger partial charge in [-0.3, -0.25) is 24.4 Å². The number of likely N-dealkylation sites (N-methyl/N-ethyl adjacent to an activating group) is 1. The van der Waals surface area contributed by atoms with Crippen LogP contribution in [0, 0.1) is 5.82 Å². The van der Waals surface area contributed by atoms with E-state index >= 15 is 0 Å². The first-order valence-corrected chi connectivity index (χ1v) is 12.1. The number of anilines is 1. The van der Waals surface area contributed by atoms with E-state index in [2.05, 4.69) is 36.5 Å². The van der Waals surface area contributed by atoms with E-state index < -0.39 is 17.4 Å². The standard InChI is InChI=1S/C27H23BrFN5O3/c1-16(30-2)26(36)33-23-7-8-24(19-10-21(28)14-32-12-19)34(27(23)37)15-17-9-20(13-31-11-17)25(35)18-3-5-22(29)6-4-18/h3-14,16,30H,15H2,1-2H3,(H,33,36)/t16-/m0/s1. The van der Waals surface area contributed by atoms with Crippen LogP contribution in [0.25, 0.3) is 11.3 Å². The van der Waals surface area contributed by atoms with E-state index in [1.165, 1.54) is 35.0 Å². The van der Waals surface area contributed by atoms with Crippen LogP contribution < -0.4 is 16.2 Å². The molecule has 1 atom stereocenters. The van der Waals surface area contributed by atoms with Gasteiger partial charge in [-0.05, 0) is 84.0 Å². The second kappa shape index (κ2) is 11.4. The molecule has 2 N–H and O–H groups in total. The Balaban J connectivity index is 1.75. The summed E-state index contributed by atoms with van der Waals surface area (Å²) < 4.78 is 15.5. The number of hydrogen-bond donors (Lipinski definition) is 2. The smallest absolute Gasteiger partial charge is 0.275 e. The zero-order valence-corrected chi connectivity index (χ0v) is 21.6. The average Bonchev–Trinajstić information content (AvgIpc) is 2.90. The van der Waals surface area contributed by atoms with Crippen LogP contribution in [0.5, 0.6) is 0 Å². The molecule has 0 radical (unpaired) electrons. The topological polar surface area (TPSA) is 106 Å². The predicted molar refractivity (Wildman–Crippen MR) is 142 cm³/mol. The van der Waals surface area contributed by atoms with Gasteiger partial charge in [0.05, 0.1) is 18.3 Å². The lowest BCUT2D eigenvalue weighted by Crippen LogP contribution is -2.37. The van der Waals surface area contributed by atoms with Crippen molar-refractivity contribution in [3.63, 3.8) is 0 Å². The van der Waals surface area contributed by atoms with Gasteiger partial charge in [0, 0.05) is 46.0 Å². The van der Waals surface area contributed by atoms with Gasteiger partial charge in [0.2, 0.25) is 5.91 Å². The molecule has 0 aliphatic rings. The first-order chi connectivity index (χ1) is 17.8. The number of nitrogens with one attached hydrogen (secondary N) is 2. The van der Waals surface area contributed by atoms with E-state index in [-0.39, 0.29) is 23.9 Å². The molecule has 0 aliphatic heterocycles. The number of carbonyl (C=O) groups is 2. The van der Waals surface area contributed by atoms with E-state index in [0.29, 0.717) is 27.9 Å². The van der Waals surface area contributed by atoms with Crippen molar-refractivity contribution in [3.8, 4) is 11.3 Å². The number of amides is 1. The van der Waals surface area contributed by atoms with Crippen molar-refractivity contribution in [2.24, 2.45) is 0 Å². The Labute approximate surface area is 220 Å². The number of halogens is 2. The van der Waals surface area contributed by atoms with Crippen LogP contribution >= 0.6 is 15.9 Å². The molecule has 0 aliphatic carbocycles. The Morgan fingerprint density at radius 1 is 1.00 bits per heavy atom. The second-order valence-corrected chi connectivity index (χ2v) is 9.25. The Morgan fingerprint density at radius 2 is 1.73 bits per heavy atom. The first kappa shape index (κ1) is 26.1. The summed E-state index contributed by atoms with van der Waals surface area (Å²) in [5, 5.41) is 5.51. The van der Waals surface area contributed by atoms with Crippen LogP contribution in [0.15, 0.2) is 82.6 Å². The van der Waals surface area contributed by atoms with Gasteiger partial charge in [0.1, 0.15) is 11.5 Å². The van der Waals surface area contributed by atoms with Crippen molar-refractivity contribution in [1.82, 2.24) is 19.9 Å². The van der Waals surface area contributed by atoms with Gasteiger partial charge in [-0.25, -0.2) is 4.39 Å². The third-order valence-corrected chi connectivity index (χ3v) is 6.20. The molecule has 37 heavy (non-hydrogen) atoms. The number of carbonyl (C=O) groups excluding carboxylic acids is 2. The van der Waals surface area contributed by atoms with Crippen LogP contribution in [0.1, 0.15) is 28.4 Å². The van der Waals surface area contributed by atoms with Crippen molar-refractivity contribution < 1.29 is 14.0 Å². The molecule has 0 fully saturated rings. The summed E-state index contributed by atoms with van der Waals surface area (Å²) in [5.41, 5.74) is 2.14. The van der Waals surface area contributed by atoms with E-state index in [9.17, 15) is 18.8 Å². The number of hydrogen-bond acceptors (Lipinski definition) is 6. The van der Waals surface area contributed by atoms with Crippen molar-refractivity contribution in [1.29, 1.82) is 0 Å². The van der Waals surface area contributed by atoms with Crippen molar-refractivity contribution >= 4 is 33.3 Å². The van der Waals surface area contributed by atoms with Gasteiger partial charge in [-0.15, -0.1) is 0 Å². The lowest BCUT2D eigenvalue weighted by atomic mass is 10.0. The summed E-state index contributed by atoms with van der Waals surface area (Å²) in [6.07, 6.45) is 6.25. The molecule has 10 heteroatoms. The van der Waals surface area contributed by atoms with Crippen LogP contribution in [0.2, 0.25) is 0 Å². The fourth-order valence-electron chi connectivity index (χ4n) is 3.66. The van der Waals surface area contributed by atoms with Crippen LogP contribution in [-0.4, -0.2) is 39.3 Å². The maximum Gasteiger partial charge on any atom is 0.275 e. The SMILES string of the molecule is CN[C@@H](C)C(=O)Nc1ccc(-c2cncc(Br)c2)n(Cc2cncc(C(=O)c3ccc(F)cc3)c2)c1=O. The zero-order valence-electron chi connectivity index (χ0n) is 20.0. The normalized spacial score (nSPS) is 11.7. The van der Waals surface area contributed by atoms with Gasteiger partial charge in [-0.2, -0.15) is 0 Å². The third-order valence-electron chi connectivity index (χ3n) is 5.76. The maximum atomic E-state index is 13.5. The molecule has 0 spiro atoms. The van der Waals surface area contributed by atoms with Crippen molar-refractivity contribution in [2.75, 3.05) is 12.4 Å². The fourth-order valence-corrected chi connectivity index (χ4v) is 4.02. The highest BCUT2D eigenvalue weighted by Crippen LogP contribution is 2.23. The zero-order chi connectivity index (χ0) is 26.5. The highest BCUT2D eigenvalue weighted by Gasteiger charge is 2.17. The molecule has 8 nitrogen and oxygen atoms in total. The monoisotopic (exact) mass is 563 g/mol. The number of nitrogens with zero attached hydrogens (tertiary/aromatic N) is 3. The maximum absolute atomic E-state index is 13.5. The minimum atomic E-state index is -0.500. The third kappa shape index (κ3) is 6.04. The number of ketones is 1. The number of rotatable bonds is 8. The highest BCUT2D eigenvalue weighted by molar-refractivity contribution is 9.10. The quantitative estimate of drug-likeness (QED) is 0.313. The summed E-state index contributed by atoms with van der Waals surface area (Å²) >= 11 is 3.41. The molecule has 0 saturated carbocycles. The molecular formula is C27H23BrFN5O3. The molecule has 0 saturated heterocycles. The molecule has 188 valence electrons. The van der Waals surface area contributed by atoms with Gasteiger partial charge >= 0.3 is 0 Å². The van der Waals surface area contributed by atoms with Gasteiger partial charge in [0.15, 0.2) is 5.78 Å². The van der Waals surface area contributed by atoms with Crippen molar-refractivity contribution in [3.05, 3.63) is 111 Å². The second-order valence-electron chi connectivity index (χ2n) is 8.33. The number of benzene rings is 1. The first-order valence-electron chi connectivity index (χ1n) is 11.3. The molecule has 4 rings (SSSR count). The minimum Gasteiger partial charge on any atom is -0.320 e. The van der Waals surface area contributed by atoms with E-state index in [1.54, 1.807) is 50.8 Å². The highest BCUT2D eigenvalue weighted by atomic mass is 79.9. The van der Waals surface area contributed by atoms with Crippen molar-refractivity contribution in [2.45, 2.75) is 19.5 Å². The van der Waals surface area contributed by atoms with E-state index in [1.807, 2.05) is 6.07 Å². The molecule has 0 bridgehead atoms. The Morgan fingerprint density at radius 3 is 2.43 bits per heavy atom. The molecule has 3 heterocycles. The van der Waals surface area contributed by atoms with Gasteiger partial charge < -0.3 is 15.2 Å². The summed E-state index contributed by atoms with van der Waals surface area (Å²) in [6, 6.07) is 11.5. The molecular weight excluding hydrogens is 541 g/mol. The lowest BCUT2D eigenvalue weighted by molar-refractivity contribution is -0.117. The van der Waals surface area contributed by atoms with Crippen LogP contribution in [-0.2, 0) is 11.3 Å².